The van der Waals surface area contributed by atoms with Crippen molar-refractivity contribution in [2.75, 3.05) is 53.0 Å². The van der Waals surface area contributed by atoms with Crippen LogP contribution in [0.4, 0.5) is 0 Å². The summed E-state index contributed by atoms with van der Waals surface area (Å²) in [5.74, 6) is 5.50. The Balaban J connectivity index is 0.00000117. The summed E-state index contributed by atoms with van der Waals surface area (Å²) in [6.45, 7) is 12.7. The first-order valence-corrected chi connectivity index (χ1v) is 21.6. The smallest absolute Gasteiger partial charge is 0.251 e. The number of aromatic nitrogens is 2. The Kier molecular flexibility index (Phi) is 21.8. The van der Waals surface area contributed by atoms with E-state index in [4.69, 9.17) is 31.9 Å². The molecule has 2 unspecified atom stereocenters. The molecule has 0 radical (unpaired) electrons. The predicted octanol–water partition coefficient (Wildman–Crippen LogP) is 2.25. The fourth-order valence-electron chi connectivity index (χ4n) is 6.52. The van der Waals surface area contributed by atoms with Crippen molar-refractivity contribution in [2.45, 2.75) is 66.1 Å². The maximum absolute atomic E-state index is 14.2. The molecule has 10 N–H and O–H groups in total. The summed E-state index contributed by atoms with van der Waals surface area (Å²) in [7, 11) is 1.48. The Labute approximate surface area is 386 Å². The van der Waals surface area contributed by atoms with Crippen LogP contribution < -0.4 is 47.9 Å². The molecule has 4 aromatic rings. The summed E-state index contributed by atoms with van der Waals surface area (Å²) >= 11 is 0. The van der Waals surface area contributed by atoms with E-state index in [1.54, 1.807) is 61.1 Å². The highest BCUT2D eigenvalue weighted by molar-refractivity contribution is 5.99. The van der Waals surface area contributed by atoms with Crippen molar-refractivity contribution in [1.82, 2.24) is 35.9 Å². The molecule has 1 aliphatic rings. The van der Waals surface area contributed by atoms with Gasteiger partial charge in [0.05, 0.1) is 30.1 Å². The van der Waals surface area contributed by atoms with Crippen molar-refractivity contribution in [2.24, 2.45) is 23.1 Å². The summed E-state index contributed by atoms with van der Waals surface area (Å²) < 4.78 is 13.8. The molecule has 66 heavy (non-hydrogen) atoms. The molecule has 3 atom stereocenters. The van der Waals surface area contributed by atoms with E-state index >= 15 is 0 Å². The first kappa shape index (κ1) is 53.1. The van der Waals surface area contributed by atoms with E-state index in [9.17, 15) is 24.0 Å². The zero-order valence-corrected chi connectivity index (χ0v) is 38.8. The van der Waals surface area contributed by atoms with Crippen LogP contribution in [0.3, 0.4) is 0 Å². The van der Waals surface area contributed by atoms with Crippen LogP contribution >= 0.6 is 0 Å². The number of nitriles is 1. The first-order chi connectivity index (χ1) is 31.6. The maximum atomic E-state index is 14.2. The molecule has 0 aliphatic carbocycles. The number of ether oxygens (including phenoxy) is 2. The lowest BCUT2D eigenvalue weighted by Crippen LogP contribution is -2.52. The van der Waals surface area contributed by atoms with Crippen LogP contribution in [-0.2, 0) is 25.6 Å². The molecule has 352 valence electrons. The van der Waals surface area contributed by atoms with E-state index in [-0.39, 0.29) is 50.7 Å². The number of carbonyl (C=O) groups excluding carboxylic acids is 5. The van der Waals surface area contributed by atoms with Gasteiger partial charge in [-0.25, -0.2) is 4.68 Å². The number of hydrogen-bond acceptors (Lipinski definition) is 12. The fraction of sp³-hybridized carbons (Fsp3) is 0.396. The van der Waals surface area contributed by atoms with Crippen LogP contribution in [0.2, 0.25) is 0 Å². The van der Waals surface area contributed by atoms with Gasteiger partial charge in [-0.3, -0.25) is 24.0 Å². The van der Waals surface area contributed by atoms with Gasteiger partial charge in [0.1, 0.15) is 43.3 Å². The minimum Gasteiger partial charge on any atom is -0.492 e. The molecule has 2 heterocycles. The third-order valence-electron chi connectivity index (χ3n) is 9.59. The summed E-state index contributed by atoms with van der Waals surface area (Å²) in [5, 5.41) is 22.8. The van der Waals surface area contributed by atoms with Crippen LogP contribution in [0.5, 0.6) is 11.5 Å². The molecule has 0 saturated heterocycles. The number of nitrogens with one attached hydrogen (secondary N) is 4. The molecule has 18 heteroatoms. The average Bonchev–Trinajstić information content (AvgIpc) is 3.77. The van der Waals surface area contributed by atoms with Gasteiger partial charge < -0.3 is 52.8 Å². The highest BCUT2D eigenvalue weighted by atomic mass is 16.5. The molecule has 1 aromatic heterocycles. The molecule has 0 fully saturated rings. The van der Waals surface area contributed by atoms with Crippen molar-refractivity contribution in [3.8, 4) is 46.2 Å². The van der Waals surface area contributed by atoms with Crippen LogP contribution in [0.15, 0.2) is 67.0 Å². The number of hydrogen-bond donors (Lipinski definition) is 7. The van der Waals surface area contributed by atoms with E-state index in [1.165, 1.54) is 11.9 Å². The lowest BCUT2D eigenvalue weighted by Gasteiger charge is -2.30. The lowest BCUT2D eigenvalue weighted by molar-refractivity contribution is -0.139. The van der Waals surface area contributed by atoms with Crippen LogP contribution in [0.1, 0.15) is 73.3 Å². The van der Waals surface area contributed by atoms with Crippen LogP contribution in [0, 0.1) is 36.0 Å². The number of nitrogens with two attached hydrogens (primary N) is 3. The topological polar surface area (TPSA) is 275 Å². The SMILES string of the molecule is CCN.Cc1cc(-n2cc(C#CC(C)C)cn2)ccc1C(=O)NCC(=O)N(C)C1C(=O)N[C@@H](C)C(=O)NC(C)Cc2ccc(OCCN)c(c2)-c2cc1ccc2OCCN.N#CCNC=O. The number of nitrogens with zero attached hydrogens (tertiary/aromatic N) is 4. The minimum absolute atomic E-state index is 0.101. The Morgan fingerprint density at radius 3 is 2.23 bits per heavy atom. The fourth-order valence-corrected chi connectivity index (χ4v) is 6.52. The molecule has 5 rings (SSSR count). The number of benzene rings is 3. The summed E-state index contributed by atoms with van der Waals surface area (Å²) in [6.07, 6.45) is 4.50. The van der Waals surface area contributed by atoms with E-state index in [0.29, 0.717) is 52.1 Å². The van der Waals surface area contributed by atoms with E-state index in [1.807, 2.05) is 58.2 Å². The number of amides is 5. The van der Waals surface area contributed by atoms with E-state index in [2.05, 4.69) is 38.2 Å². The van der Waals surface area contributed by atoms with Gasteiger partial charge in [0.15, 0.2) is 0 Å². The minimum atomic E-state index is -1.21. The van der Waals surface area contributed by atoms with Crippen molar-refractivity contribution in [1.29, 1.82) is 5.26 Å². The molecule has 18 nitrogen and oxygen atoms in total. The third-order valence-corrected chi connectivity index (χ3v) is 9.59. The molecule has 3 aromatic carbocycles. The van der Waals surface area contributed by atoms with Crippen LogP contribution in [-0.4, -0.2) is 110 Å². The highest BCUT2D eigenvalue weighted by Gasteiger charge is 2.32. The Bertz CT molecular complexity index is 2380. The molecule has 0 spiro atoms. The van der Waals surface area contributed by atoms with E-state index in [0.717, 1.165) is 23.4 Å². The number of rotatable bonds is 13. The van der Waals surface area contributed by atoms with E-state index < -0.39 is 36.3 Å². The zero-order valence-electron chi connectivity index (χ0n) is 38.8. The van der Waals surface area contributed by atoms with Crippen molar-refractivity contribution in [3.63, 3.8) is 0 Å². The maximum Gasteiger partial charge on any atom is 0.251 e. The summed E-state index contributed by atoms with van der Waals surface area (Å²) in [5.41, 5.74) is 21.7. The number of carbonyl (C=O) groups is 5. The second-order valence-electron chi connectivity index (χ2n) is 15.5. The van der Waals surface area contributed by atoms with Gasteiger partial charge in [-0.05, 0) is 92.9 Å². The lowest BCUT2D eigenvalue weighted by atomic mass is 9.94. The standard InChI is InChI=1S/C43H52N8O6.C3H4N2O.C2H7N/c1-26(2)7-8-31-23-47-51(25-31)33-11-12-34(27(3)19-33)42(54)46-24-39(52)50(6)40-32-10-14-38(57-18-16-45)36(22-32)35-21-30(9-13-37(35)56-17-15-44)20-28(4)48-41(53)29(5)49-43(40)55;4-1-2-5-3-6;1-2-3/h9-14,19,21-23,25-26,28-29,40H,15-18,20,24,44-45H2,1-6H3,(H,46,54)(H,48,53)(H,49,55);3H,2H2,(H,5,6);2-3H2,1H3/t28?,29-,40?;;/m0../s1. The molecular formula is C48H63N11O7. The number of fused-ring (bicyclic) bond motifs is 5. The van der Waals surface area contributed by atoms with Gasteiger partial charge in [-0.2, -0.15) is 10.4 Å². The van der Waals surface area contributed by atoms with Gasteiger partial charge in [0.25, 0.3) is 5.91 Å². The van der Waals surface area contributed by atoms with Crippen molar-refractivity contribution in [3.05, 3.63) is 94.8 Å². The second-order valence-corrected chi connectivity index (χ2v) is 15.5. The number of likely N-dealkylation sites (N-methyl/N-ethyl adjacent to an activating group) is 1. The molecule has 5 amide bonds. The first-order valence-electron chi connectivity index (χ1n) is 21.6. The van der Waals surface area contributed by atoms with Crippen LogP contribution in [0.25, 0.3) is 16.8 Å². The monoisotopic (exact) mass is 905 g/mol. The highest BCUT2D eigenvalue weighted by Crippen LogP contribution is 2.40. The summed E-state index contributed by atoms with van der Waals surface area (Å²) in [6, 6.07) is 15.5. The Morgan fingerprint density at radius 2 is 1.64 bits per heavy atom. The van der Waals surface area contributed by atoms with Gasteiger partial charge in [0.2, 0.25) is 24.1 Å². The molecule has 0 saturated carbocycles. The largest absolute Gasteiger partial charge is 0.492 e. The van der Waals surface area contributed by atoms with Crippen molar-refractivity contribution >= 4 is 30.0 Å². The van der Waals surface area contributed by atoms with Gasteiger partial charge in [-0.15, -0.1) is 0 Å². The molecular weight excluding hydrogens is 843 g/mol. The quantitative estimate of drug-likeness (QED) is 0.0441. The van der Waals surface area contributed by atoms with Gasteiger partial charge in [-0.1, -0.05) is 44.7 Å². The predicted molar refractivity (Wildman–Crippen MR) is 252 cm³/mol. The summed E-state index contributed by atoms with van der Waals surface area (Å²) in [4.78, 5) is 65.3. The third kappa shape index (κ3) is 15.8. The second kappa shape index (κ2) is 27.2. The Hall–Kier alpha value is -7.25. The normalized spacial score (nSPS) is 15.2. The average molecular weight is 906 g/mol. The van der Waals surface area contributed by atoms with Gasteiger partial charge in [0, 0.05) is 55.0 Å². The Morgan fingerprint density at radius 1 is 0.985 bits per heavy atom. The zero-order chi connectivity index (χ0) is 48.8. The molecule has 4 bridgehead atoms. The van der Waals surface area contributed by atoms with Crippen molar-refractivity contribution < 1.29 is 33.4 Å². The molecule has 1 aliphatic heterocycles. The number of aryl methyl sites for hydroxylation is 1. The van der Waals surface area contributed by atoms with Gasteiger partial charge >= 0.3 is 0 Å².